The third kappa shape index (κ3) is 2.18. The van der Waals surface area contributed by atoms with Crippen LogP contribution in [0, 0.1) is 5.41 Å². The zero-order valence-electron chi connectivity index (χ0n) is 7.75. The van der Waals surface area contributed by atoms with Crippen molar-refractivity contribution in [1.82, 2.24) is 0 Å². The number of methoxy groups -OCH3 is 1. The molecule has 0 spiro atoms. The summed E-state index contributed by atoms with van der Waals surface area (Å²) >= 11 is 0. The maximum absolute atomic E-state index is 9.97. The molecule has 1 aliphatic heterocycles. The van der Waals surface area contributed by atoms with Crippen LogP contribution >= 0.6 is 0 Å². The lowest BCUT2D eigenvalue weighted by atomic mass is 9.89. The lowest BCUT2D eigenvalue weighted by Crippen LogP contribution is -2.57. The van der Waals surface area contributed by atoms with E-state index in [1.54, 1.807) is 0 Å². The first kappa shape index (κ1) is 10.4. The molecule has 0 radical (unpaired) electrons. The lowest BCUT2D eigenvalue weighted by Gasteiger charge is -2.36. The molecule has 0 aliphatic carbocycles. The molecule has 5 heteroatoms. The minimum absolute atomic E-state index is 0.104. The maximum atomic E-state index is 9.97. The normalized spacial score (nSPS) is 31.0. The van der Waals surface area contributed by atoms with Crippen molar-refractivity contribution in [1.29, 1.82) is 5.41 Å². The number of aliphatic hydroxyl groups is 1. The molecule has 0 aromatic heterocycles. The Hall–Kier alpha value is -0.650. The van der Waals surface area contributed by atoms with Gasteiger partial charge in [0, 0.05) is 6.61 Å². The Morgan fingerprint density at radius 3 is 2.92 bits per heavy atom. The van der Waals surface area contributed by atoms with Crippen LogP contribution in [-0.2, 0) is 9.47 Å². The van der Waals surface area contributed by atoms with E-state index in [4.69, 9.17) is 15.9 Å². The van der Waals surface area contributed by atoms with Crippen LogP contribution in [0.15, 0.2) is 0 Å². The number of nitrogens with one attached hydrogen (secondary N) is 1. The molecule has 0 aromatic carbocycles. The highest BCUT2D eigenvalue weighted by molar-refractivity contribution is 5.79. The smallest absolute Gasteiger partial charge is 0.200 e. The minimum atomic E-state index is -1.13. The quantitative estimate of drug-likeness (QED) is 0.402. The lowest BCUT2D eigenvalue weighted by molar-refractivity contribution is -0.0907. The van der Waals surface area contributed by atoms with E-state index in [1.165, 1.54) is 7.11 Å². The summed E-state index contributed by atoms with van der Waals surface area (Å²) in [6.07, 6.45) is 1.32. The van der Waals surface area contributed by atoms with Crippen LogP contribution in [0.5, 0.6) is 0 Å². The van der Waals surface area contributed by atoms with Crippen molar-refractivity contribution in [2.45, 2.75) is 24.5 Å². The SMILES string of the molecule is COC(=N)[C@@H](N)[C@]1(O)CCCOC1. The summed E-state index contributed by atoms with van der Waals surface area (Å²) in [7, 11) is 1.37. The molecule has 1 saturated heterocycles. The van der Waals surface area contributed by atoms with E-state index in [-0.39, 0.29) is 12.5 Å². The molecule has 76 valence electrons. The second kappa shape index (κ2) is 4.04. The van der Waals surface area contributed by atoms with Crippen LogP contribution in [0.25, 0.3) is 0 Å². The number of nitrogens with two attached hydrogens (primary N) is 1. The van der Waals surface area contributed by atoms with Gasteiger partial charge in [0.05, 0.1) is 13.7 Å². The molecule has 1 aliphatic rings. The Morgan fingerprint density at radius 2 is 2.46 bits per heavy atom. The van der Waals surface area contributed by atoms with Crippen molar-refractivity contribution in [2.75, 3.05) is 20.3 Å². The van der Waals surface area contributed by atoms with E-state index in [9.17, 15) is 5.11 Å². The van der Waals surface area contributed by atoms with Crippen molar-refractivity contribution in [3.05, 3.63) is 0 Å². The predicted molar refractivity (Wildman–Crippen MR) is 47.7 cm³/mol. The fraction of sp³-hybridized carbons (Fsp3) is 0.875. The van der Waals surface area contributed by atoms with Gasteiger partial charge < -0.3 is 20.3 Å². The monoisotopic (exact) mass is 188 g/mol. The van der Waals surface area contributed by atoms with Crippen LogP contribution in [0.1, 0.15) is 12.8 Å². The van der Waals surface area contributed by atoms with Gasteiger partial charge in [0.25, 0.3) is 0 Å². The molecular weight excluding hydrogens is 172 g/mol. The first-order valence-corrected chi connectivity index (χ1v) is 4.28. The summed E-state index contributed by atoms with van der Waals surface area (Å²) in [6.45, 7) is 0.829. The third-order valence-electron chi connectivity index (χ3n) is 2.33. The predicted octanol–water partition coefficient (Wildman–Crippen LogP) is -0.521. The molecule has 1 rings (SSSR count). The summed E-state index contributed by atoms with van der Waals surface area (Å²) in [5.41, 5.74) is 4.52. The Bertz CT molecular complexity index is 190. The topological polar surface area (TPSA) is 88.6 Å². The van der Waals surface area contributed by atoms with Gasteiger partial charge >= 0.3 is 0 Å². The molecule has 0 aromatic rings. The second-order valence-electron chi connectivity index (χ2n) is 3.31. The van der Waals surface area contributed by atoms with Gasteiger partial charge in [-0.3, -0.25) is 5.41 Å². The molecule has 0 bridgehead atoms. The number of ether oxygens (including phenoxy) is 2. The number of hydrogen-bond donors (Lipinski definition) is 3. The van der Waals surface area contributed by atoms with Crippen molar-refractivity contribution >= 4 is 5.90 Å². The largest absolute Gasteiger partial charge is 0.483 e. The zero-order chi connectivity index (χ0) is 9.90. The molecular formula is C8H16N2O3. The van der Waals surface area contributed by atoms with Gasteiger partial charge in [-0.15, -0.1) is 0 Å². The molecule has 0 amide bonds. The zero-order valence-corrected chi connectivity index (χ0v) is 7.75. The van der Waals surface area contributed by atoms with E-state index in [0.29, 0.717) is 13.0 Å². The van der Waals surface area contributed by atoms with Crippen LogP contribution in [-0.4, -0.2) is 43.0 Å². The molecule has 1 heterocycles. The molecule has 5 nitrogen and oxygen atoms in total. The number of rotatable bonds is 2. The molecule has 0 saturated carbocycles. The van der Waals surface area contributed by atoms with Crippen molar-refractivity contribution in [3.63, 3.8) is 0 Å². The van der Waals surface area contributed by atoms with Gasteiger partial charge in [0.1, 0.15) is 11.6 Å². The van der Waals surface area contributed by atoms with E-state index in [1.807, 2.05) is 0 Å². The highest BCUT2D eigenvalue weighted by Crippen LogP contribution is 2.22. The second-order valence-corrected chi connectivity index (χ2v) is 3.31. The van der Waals surface area contributed by atoms with E-state index in [0.717, 1.165) is 6.42 Å². The van der Waals surface area contributed by atoms with Gasteiger partial charge in [0.15, 0.2) is 0 Å². The van der Waals surface area contributed by atoms with Crippen molar-refractivity contribution in [3.8, 4) is 0 Å². The van der Waals surface area contributed by atoms with Crippen LogP contribution in [0.3, 0.4) is 0 Å². The van der Waals surface area contributed by atoms with E-state index in [2.05, 4.69) is 4.74 Å². The molecule has 2 atom stereocenters. The maximum Gasteiger partial charge on any atom is 0.200 e. The first-order chi connectivity index (χ1) is 6.10. The molecule has 13 heavy (non-hydrogen) atoms. The highest BCUT2D eigenvalue weighted by atomic mass is 16.5. The standard InChI is InChI=1S/C8H16N2O3/c1-12-7(10)6(9)8(11)3-2-4-13-5-8/h6,10-11H,2-5,9H2,1H3/t6-,8+/m1/s1. The summed E-state index contributed by atoms with van der Waals surface area (Å²) < 4.78 is 9.79. The summed E-state index contributed by atoms with van der Waals surface area (Å²) in [4.78, 5) is 0. The third-order valence-corrected chi connectivity index (χ3v) is 2.33. The van der Waals surface area contributed by atoms with E-state index < -0.39 is 11.6 Å². The van der Waals surface area contributed by atoms with Crippen molar-refractivity contribution < 1.29 is 14.6 Å². The Kier molecular flexibility index (Phi) is 3.24. The molecule has 0 unspecified atom stereocenters. The fourth-order valence-corrected chi connectivity index (χ4v) is 1.42. The fourth-order valence-electron chi connectivity index (χ4n) is 1.42. The van der Waals surface area contributed by atoms with Gasteiger partial charge in [-0.1, -0.05) is 0 Å². The van der Waals surface area contributed by atoms with Crippen LogP contribution in [0.2, 0.25) is 0 Å². The van der Waals surface area contributed by atoms with E-state index >= 15 is 0 Å². The molecule has 1 fully saturated rings. The minimum Gasteiger partial charge on any atom is -0.483 e. The number of hydrogen-bond acceptors (Lipinski definition) is 5. The average molecular weight is 188 g/mol. The summed E-state index contributed by atoms with van der Waals surface area (Å²) in [5, 5.41) is 17.3. The molecule has 4 N–H and O–H groups in total. The Morgan fingerprint density at radius 1 is 1.77 bits per heavy atom. The van der Waals surface area contributed by atoms with Gasteiger partial charge in [-0.05, 0) is 12.8 Å². The highest BCUT2D eigenvalue weighted by Gasteiger charge is 2.39. The van der Waals surface area contributed by atoms with Gasteiger partial charge in [-0.2, -0.15) is 0 Å². The average Bonchev–Trinajstić information content (AvgIpc) is 2.16. The van der Waals surface area contributed by atoms with Gasteiger partial charge in [-0.25, -0.2) is 0 Å². The summed E-state index contributed by atoms with van der Waals surface area (Å²) in [5.74, 6) is -0.104. The Labute approximate surface area is 77.3 Å². The van der Waals surface area contributed by atoms with Gasteiger partial charge in [0.2, 0.25) is 5.90 Å². The van der Waals surface area contributed by atoms with Crippen molar-refractivity contribution in [2.24, 2.45) is 5.73 Å². The van der Waals surface area contributed by atoms with Crippen LogP contribution < -0.4 is 5.73 Å². The first-order valence-electron chi connectivity index (χ1n) is 4.28. The Balaban J connectivity index is 2.61. The summed E-state index contributed by atoms with van der Waals surface area (Å²) in [6, 6.07) is -0.794. The van der Waals surface area contributed by atoms with Crippen LogP contribution in [0.4, 0.5) is 0 Å².